The first-order valence-electron chi connectivity index (χ1n) is 8.15. The van der Waals surface area contributed by atoms with E-state index in [9.17, 15) is 0 Å². The summed E-state index contributed by atoms with van der Waals surface area (Å²) in [6.07, 6.45) is 2.28. The van der Waals surface area contributed by atoms with Crippen LogP contribution in [0.2, 0.25) is 0 Å². The van der Waals surface area contributed by atoms with Gasteiger partial charge in [0.15, 0.2) is 0 Å². The lowest BCUT2D eigenvalue weighted by atomic mass is 9.93. The summed E-state index contributed by atoms with van der Waals surface area (Å²) in [5.74, 6) is 0.341. The molecule has 24 heavy (non-hydrogen) atoms. The minimum atomic E-state index is 0.341. The van der Waals surface area contributed by atoms with Crippen LogP contribution in [0.5, 0.6) is 0 Å². The number of aromatic nitrogens is 1. The summed E-state index contributed by atoms with van der Waals surface area (Å²) in [7, 11) is 0. The van der Waals surface area contributed by atoms with Crippen LogP contribution in [-0.2, 0) is 0 Å². The Morgan fingerprint density at radius 3 is 2.21 bits per heavy atom. The SMILES string of the molecule is CC(c1ccccc1)c1cn(-c2ccccc2)c2ccc(Br)cc12. The molecule has 0 bridgehead atoms. The van der Waals surface area contributed by atoms with E-state index in [2.05, 4.69) is 112 Å². The fourth-order valence-electron chi connectivity index (χ4n) is 3.30. The standard InChI is InChI=1S/C22H18BrN/c1-16(17-8-4-2-5-9-17)21-15-24(19-10-6-3-7-11-19)22-13-12-18(23)14-20(21)22/h2-16H,1H3. The maximum absolute atomic E-state index is 3.63. The zero-order valence-electron chi connectivity index (χ0n) is 13.5. The second-order valence-electron chi connectivity index (χ2n) is 6.08. The van der Waals surface area contributed by atoms with E-state index in [1.165, 1.54) is 27.7 Å². The average molecular weight is 376 g/mol. The van der Waals surface area contributed by atoms with Gasteiger partial charge in [-0.3, -0.25) is 0 Å². The number of rotatable bonds is 3. The van der Waals surface area contributed by atoms with Gasteiger partial charge in [0.2, 0.25) is 0 Å². The number of hydrogen-bond acceptors (Lipinski definition) is 0. The lowest BCUT2D eigenvalue weighted by molar-refractivity contribution is 0.923. The summed E-state index contributed by atoms with van der Waals surface area (Å²) in [6.45, 7) is 2.28. The van der Waals surface area contributed by atoms with E-state index in [-0.39, 0.29) is 0 Å². The number of benzene rings is 3. The predicted octanol–water partition coefficient (Wildman–Crippen LogP) is 6.54. The monoisotopic (exact) mass is 375 g/mol. The molecule has 0 saturated carbocycles. The Bertz CT molecular complexity index is 971. The van der Waals surface area contributed by atoms with E-state index < -0.39 is 0 Å². The summed E-state index contributed by atoms with van der Waals surface area (Å²) >= 11 is 3.63. The van der Waals surface area contributed by atoms with Gasteiger partial charge in [0.1, 0.15) is 0 Å². The van der Waals surface area contributed by atoms with Crippen LogP contribution in [0.25, 0.3) is 16.6 Å². The third-order valence-electron chi connectivity index (χ3n) is 4.60. The van der Waals surface area contributed by atoms with Crippen LogP contribution < -0.4 is 0 Å². The molecule has 1 aromatic heterocycles. The van der Waals surface area contributed by atoms with Gasteiger partial charge in [0.25, 0.3) is 0 Å². The van der Waals surface area contributed by atoms with Gasteiger partial charge in [-0.05, 0) is 41.5 Å². The first-order valence-corrected chi connectivity index (χ1v) is 8.94. The molecule has 0 radical (unpaired) electrons. The maximum Gasteiger partial charge on any atom is 0.0532 e. The second-order valence-corrected chi connectivity index (χ2v) is 7.00. The molecule has 118 valence electrons. The van der Waals surface area contributed by atoms with Crippen LogP contribution in [0.4, 0.5) is 0 Å². The maximum atomic E-state index is 3.63. The summed E-state index contributed by atoms with van der Waals surface area (Å²) in [4.78, 5) is 0. The minimum Gasteiger partial charge on any atom is -0.316 e. The first-order chi connectivity index (χ1) is 11.7. The van der Waals surface area contributed by atoms with E-state index in [1.807, 2.05) is 0 Å². The summed E-state index contributed by atoms with van der Waals surface area (Å²) in [5, 5.41) is 1.30. The molecule has 2 heteroatoms. The van der Waals surface area contributed by atoms with Crippen LogP contribution >= 0.6 is 15.9 Å². The van der Waals surface area contributed by atoms with E-state index in [0.717, 1.165) is 4.47 Å². The minimum absolute atomic E-state index is 0.341. The van der Waals surface area contributed by atoms with Gasteiger partial charge in [-0.25, -0.2) is 0 Å². The molecular weight excluding hydrogens is 358 g/mol. The quantitative estimate of drug-likeness (QED) is 0.382. The van der Waals surface area contributed by atoms with Crippen molar-refractivity contribution in [2.24, 2.45) is 0 Å². The largest absolute Gasteiger partial charge is 0.316 e. The molecule has 0 spiro atoms. The molecule has 1 atom stereocenters. The van der Waals surface area contributed by atoms with Crippen molar-refractivity contribution in [3.63, 3.8) is 0 Å². The van der Waals surface area contributed by atoms with Crippen molar-refractivity contribution in [3.8, 4) is 5.69 Å². The van der Waals surface area contributed by atoms with Gasteiger partial charge in [-0.15, -0.1) is 0 Å². The van der Waals surface area contributed by atoms with Crippen LogP contribution in [0.15, 0.2) is 89.5 Å². The molecule has 1 unspecified atom stereocenters. The van der Waals surface area contributed by atoms with Crippen molar-refractivity contribution in [2.75, 3.05) is 0 Å². The summed E-state index contributed by atoms with van der Waals surface area (Å²) in [6, 6.07) is 27.7. The van der Waals surface area contributed by atoms with Crippen LogP contribution in [-0.4, -0.2) is 4.57 Å². The highest BCUT2D eigenvalue weighted by atomic mass is 79.9. The van der Waals surface area contributed by atoms with Gasteiger partial charge in [-0.1, -0.05) is 71.4 Å². The second kappa shape index (κ2) is 6.29. The molecule has 0 fully saturated rings. The summed E-state index contributed by atoms with van der Waals surface area (Å²) < 4.78 is 3.40. The van der Waals surface area contributed by atoms with Crippen LogP contribution in [0.3, 0.4) is 0 Å². The van der Waals surface area contributed by atoms with Crippen molar-refractivity contribution in [2.45, 2.75) is 12.8 Å². The predicted molar refractivity (Wildman–Crippen MR) is 105 cm³/mol. The third-order valence-corrected chi connectivity index (χ3v) is 5.09. The zero-order valence-corrected chi connectivity index (χ0v) is 15.1. The molecule has 0 aliphatic carbocycles. The van der Waals surface area contributed by atoms with Gasteiger partial charge < -0.3 is 4.57 Å². The molecule has 0 aliphatic heterocycles. The Morgan fingerprint density at radius 2 is 1.50 bits per heavy atom. The normalized spacial score (nSPS) is 12.4. The lowest BCUT2D eigenvalue weighted by Gasteiger charge is -2.11. The van der Waals surface area contributed by atoms with Crippen molar-refractivity contribution in [3.05, 3.63) is 101 Å². The smallest absolute Gasteiger partial charge is 0.0532 e. The zero-order chi connectivity index (χ0) is 16.5. The Hall–Kier alpha value is -2.32. The molecule has 1 heterocycles. The van der Waals surface area contributed by atoms with Crippen molar-refractivity contribution >= 4 is 26.8 Å². The number of nitrogens with zero attached hydrogens (tertiary/aromatic N) is 1. The van der Waals surface area contributed by atoms with E-state index in [4.69, 9.17) is 0 Å². The lowest BCUT2D eigenvalue weighted by Crippen LogP contribution is -1.95. The molecule has 4 rings (SSSR count). The fourth-order valence-corrected chi connectivity index (χ4v) is 3.66. The fraction of sp³-hybridized carbons (Fsp3) is 0.0909. The average Bonchev–Trinajstić information content (AvgIpc) is 3.01. The molecule has 3 aromatic carbocycles. The Morgan fingerprint density at radius 1 is 0.833 bits per heavy atom. The van der Waals surface area contributed by atoms with Crippen molar-refractivity contribution < 1.29 is 0 Å². The molecule has 0 saturated heterocycles. The Balaban J connectivity index is 1.94. The number of halogens is 1. The molecule has 0 N–H and O–H groups in total. The molecular formula is C22H18BrN. The van der Waals surface area contributed by atoms with E-state index >= 15 is 0 Å². The van der Waals surface area contributed by atoms with Gasteiger partial charge >= 0.3 is 0 Å². The molecule has 1 nitrogen and oxygen atoms in total. The highest BCUT2D eigenvalue weighted by Gasteiger charge is 2.16. The highest BCUT2D eigenvalue weighted by molar-refractivity contribution is 9.10. The third kappa shape index (κ3) is 2.67. The number of fused-ring (bicyclic) bond motifs is 1. The van der Waals surface area contributed by atoms with Crippen molar-refractivity contribution in [1.29, 1.82) is 0 Å². The van der Waals surface area contributed by atoms with Crippen LogP contribution in [0, 0.1) is 0 Å². The van der Waals surface area contributed by atoms with Gasteiger partial charge in [0, 0.05) is 27.7 Å². The highest BCUT2D eigenvalue weighted by Crippen LogP contribution is 2.35. The number of hydrogen-bond donors (Lipinski definition) is 0. The molecule has 0 amide bonds. The first kappa shape index (κ1) is 15.2. The van der Waals surface area contributed by atoms with E-state index in [1.54, 1.807) is 0 Å². The van der Waals surface area contributed by atoms with Gasteiger partial charge in [0.05, 0.1) is 5.52 Å². The molecule has 0 aliphatic rings. The number of para-hydroxylation sites is 1. The molecule has 4 aromatic rings. The Kier molecular flexibility index (Phi) is 3.99. The van der Waals surface area contributed by atoms with Gasteiger partial charge in [-0.2, -0.15) is 0 Å². The van der Waals surface area contributed by atoms with Crippen LogP contribution in [0.1, 0.15) is 24.0 Å². The Labute approximate surface area is 150 Å². The van der Waals surface area contributed by atoms with Crippen molar-refractivity contribution in [1.82, 2.24) is 4.57 Å². The van der Waals surface area contributed by atoms with E-state index in [0.29, 0.717) is 5.92 Å². The topological polar surface area (TPSA) is 4.93 Å². The summed E-state index contributed by atoms with van der Waals surface area (Å²) in [5.41, 5.74) is 5.12.